The summed E-state index contributed by atoms with van der Waals surface area (Å²) in [7, 11) is 0. The topological polar surface area (TPSA) is 32.3 Å². The van der Waals surface area contributed by atoms with Gasteiger partial charge in [0.2, 0.25) is 5.91 Å². The highest BCUT2D eigenvalue weighted by Crippen LogP contribution is 2.32. The van der Waals surface area contributed by atoms with Crippen molar-refractivity contribution in [2.45, 2.75) is 44.2 Å². The molecule has 3 aliphatic rings. The lowest BCUT2D eigenvalue weighted by molar-refractivity contribution is -0.132. The fourth-order valence-electron chi connectivity index (χ4n) is 2.73. The zero-order chi connectivity index (χ0) is 9.54. The minimum Gasteiger partial charge on any atom is -0.341 e. The lowest BCUT2D eigenvalue weighted by Crippen LogP contribution is -2.39. The summed E-state index contributed by atoms with van der Waals surface area (Å²) in [5, 5.41) is 3.60. The molecule has 2 atom stereocenters. The van der Waals surface area contributed by atoms with Crippen LogP contribution >= 0.6 is 0 Å². The maximum Gasteiger partial charge on any atom is 0.225 e. The van der Waals surface area contributed by atoms with Gasteiger partial charge in [0.05, 0.1) is 0 Å². The van der Waals surface area contributed by atoms with E-state index in [1.165, 1.54) is 12.8 Å². The number of rotatable bonds is 1. The Morgan fingerprint density at radius 1 is 1.07 bits per heavy atom. The van der Waals surface area contributed by atoms with Crippen LogP contribution in [0.3, 0.4) is 0 Å². The lowest BCUT2D eigenvalue weighted by atomic mass is 10.1. The molecule has 0 aromatic rings. The molecule has 0 radical (unpaired) electrons. The molecule has 3 nitrogen and oxygen atoms in total. The highest BCUT2D eigenvalue weighted by Gasteiger charge is 2.37. The predicted octanol–water partition coefficient (Wildman–Crippen LogP) is 0.749. The van der Waals surface area contributed by atoms with Gasteiger partial charge in [-0.2, -0.15) is 0 Å². The molecule has 1 N–H and O–H groups in total. The van der Waals surface area contributed by atoms with Crippen molar-refractivity contribution >= 4 is 5.91 Å². The normalized spacial score (nSPS) is 37.0. The monoisotopic (exact) mass is 194 g/mol. The second-order valence-electron chi connectivity index (χ2n) is 4.99. The summed E-state index contributed by atoms with van der Waals surface area (Å²) in [6.45, 7) is 1.95. The molecule has 1 aliphatic carbocycles. The highest BCUT2D eigenvalue weighted by atomic mass is 16.2. The molecule has 0 unspecified atom stereocenters. The molecular weight excluding hydrogens is 176 g/mol. The Bertz CT molecular complexity index is 250. The number of likely N-dealkylation sites (tertiary alicyclic amines) is 1. The van der Waals surface area contributed by atoms with E-state index >= 15 is 0 Å². The molecule has 2 bridgehead atoms. The van der Waals surface area contributed by atoms with Gasteiger partial charge in [0.15, 0.2) is 0 Å². The summed E-state index contributed by atoms with van der Waals surface area (Å²) in [6.07, 6.45) is 6.01. The number of nitrogens with one attached hydrogen (secondary N) is 1. The Hall–Kier alpha value is -0.570. The van der Waals surface area contributed by atoms with Crippen LogP contribution in [0, 0.1) is 5.92 Å². The lowest BCUT2D eigenvalue weighted by Gasteiger charge is -2.24. The quantitative estimate of drug-likeness (QED) is 0.668. The van der Waals surface area contributed by atoms with Gasteiger partial charge in [-0.3, -0.25) is 4.79 Å². The number of hydrogen-bond donors (Lipinski definition) is 1. The first-order valence-corrected chi connectivity index (χ1v) is 5.88. The maximum atomic E-state index is 11.9. The molecule has 1 amide bonds. The van der Waals surface area contributed by atoms with Gasteiger partial charge in [0, 0.05) is 31.1 Å². The minimum atomic E-state index is 0.395. The smallest absolute Gasteiger partial charge is 0.225 e. The van der Waals surface area contributed by atoms with Gasteiger partial charge in [0.1, 0.15) is 0 Å². The molecule has 0 aromatic carbocycles. The summed E-state index contributed by atoms with van der Waals surface area (Å²) in [4.78, 5) is 14.0. The van der Waals surface area contributed by atoms with Gasteiger partial charge >= 0.3 is 0 Å². The third-order valence-electron chi connectivity index (χ3n) is 3.76. The van der Waals surface area contributed by atoms with Gasteiger partial charge in [-0.1, -0.05) is 0 Å². The molecule has 2 saturated heterocycles. The van der Waals surface area contributed by atoms with Crippen molar-refractivity contribution in [2.24, 2.45) is 5.92 Å². The Morgan fingerprint density at radius 3 is 2.64 bits per heavy atom. The van der Waals surface area contributed by atoms with Crippen molar-refractivity contribution < 1.29 is 4.79 Å². The third-order valence-corrected chi connectivity index (χ3v) is 3.76. The van der Waals surface area contributed by atoms with Crippen LogP contribution in [0.5, 0.6) is 0 Å². The molecule has 0 aromatic heterocycles. The highest BCUT2D eigenvalue weighted by molar-refractivity contribution is 5.81. The fraction of sp³-hybridized carbons (Fsp3) is 0.909. The maximum absolute atomic E-state index is 11.9. The van der Waals surface area contributed by atoms with Gasteiger partial charge < -0.3 is 10.2 Å². The van der Waals surface area contributed by atoms with E-state index in [1.807, 2.05) is 0 Å². The molecule has 78 valence electrons. The van der Waals surface area contributed by atoms with Crippen molar-refractivity contribution in [1.29, 1.82) is 0 Å². The zero-order valence-electron chi connectivity index (χ0n) is 8.54. The van der Waals surface area contributed by atoms with E-state index in [-0.39, 0.29) is 0 Å². The van der Waals surface area contributed by atoms with Gasteiger partial charge in [-0.15, -0.1) is 0 Å². The van der Waals surface area contributed by atoms with Crippen molar-refractivity contribution in [3.05, 3.63) is 0 Å². The number of fused-ring (bicyclic) bond motifs is 2. The van der Waals surface area contributed by atoms with Gasteiger partial charge in [-0.05, 0) is 32.1 Å². The second-order valence-corrected chi connectivity index (χ2v) is 4.99. The van der Waals surface area contributed by atoms with Crippen LogP contribution in [0.25, 0.3) is 0 Å². The number of carbonyl (C=O) groups is 1. The SMILES string of the molecule is O=C(C1CC1)N1CC[C@H]2CC[C@@H](C1)N2. The Kier molecular flexibility index (Phi) is 2.01. The fourth-order valence-corrected chi connectivity index (χ4v) is 2.73. The minimum absolute atomic E-state index is 0.395. The first-order valence-electron chi connectivity index (χ1n) is 5.88. The number of amides is 1. The largest absolute Gasteiger partial charge is 0.341 e. The second kappa shape index (κ2) is 3.23. The molecule has 0 spiro atoms. The van der Waals surface area contributed by atoms with E-state index in [1.54, 1.807) is 0 Å². The van der Waals surface area contributed by atoms with E-state index in [0.29, 0.717) is 23.9 Å². The molecule has 3 rings (SSSR count). The summed E-state index contributed by atoms with van der Waals surface area (Å²) >= 11 is 0. The molecular formula is C11H18N2O. The van der Waals surface area contributed by atoms with Gasteiger partial charge in [0.25, 0.3) is 0 Å². The van der Waals surface area contributed by atoms with Crippen LogP contribution in [-0.4, -0.2) is 36.0 Å². The number of carbonyl (C=O) groups excluding carboxylic acids is 1. The van der Waals surface area contributed by atoms with Crippen LogP contribution in [0.15, 0.2) is 0 Å². The zero-order valence-corrected chi connectivity index (χ0v) is 8.54. The Balaban J connectivity index is 1.66. The standard InChI is InChI=1S/C11H18N2O/c14-11(8-1-2-8)13-6-5-9-3-4-10(7-13)12-9/h8-10,12H,1-7H2/t9-,10+/m1/s1. The summed E-state index contributed by atoms with van der Waals surface area (Å²) < 4.78 is 0. The van der Waals surface area contributed by atoms with E-state index in [4.69, 9.17) is 0 Å². The van der Waals surface area contributed by atoms with Crippen LogP contribution in [0.4, 0.5) is 0 Å². The van der Waals surface area contributed by atoms with Crippen LogP contribution in [0.2, 0.25) is 0 Å². The summed E-state index contributed by atoms with van der Waals surface area (Å²) in [5.41, 5.74) is 0. The van der Waals surface area contributed by atoms with Crippen molar-refractivity contribution in [3.63, 3.8) is 0 Å². The molecule has 3 heteroatoms. The first kappa shape index (κ1) is 8.72. The number of nitrogens with zero attached hydrogens (tertiary/aromatic N) is 1. The van der Waals surface area contributed by atoms with E-state index in [9.17, 15) is 4.79 Å². The first-order chi connectivity index (χ1) is 6.83. The van der Waals surface area contributed by atoms with Crippen LogP contribution < -0.4 is 5.32 Å². The molecule has 3 fully saturated rings. The average Bonchev–Trinajstić information content (AvgIpc) is 2.92. The molecule has 2 heterocycles. The van der Waals surface area contributed by atoms with E-state index < -0.39 is 0 Å². The Labute approximate surface area is 84.8 Å². The molecule has 1 saturated carbocycles. The Morgan fingerprint density at radius 2 is 1.86 bits per heavy atom. The van der Waals surface area contributed by atoms with E-state index in [0.717, 1.165) is 32.4 Å². The van der Waals surface area contributed by atoms with Crippen molar-refractivity contribution in [3.8, 4) is 0 Å². The van der Waals surface area contributed by atoms with Crippen molar-refractivity contribution in [2.75, 3.05) is 13.1 Å². The third kappa shape index (κ3) is 1.54. The van der Waals surface area contributed by atoms with E-state index in [2.05, 4.69) is 10.2 Å². The van der Waals surface area contributed by atoms with Crippen LogP contribution in [0.1, 0.15) is 32.1 Å². The van der Waals surface area contributed by atoms with Crippen molar-refractivity contribution in [1.82, 2.24) is 10.2 Å². The van der Waals surface area contributed by atoms with Gasteiger partial charge in [-0.25, -0.2) is 0 Å². The summed E-state index contributed by atoms with van der Waals surface area (Å²) in [6, 6.07) is 1.28. The predicted molar refractivity (Wildman–Crippen MR) is 53.9 cm³/mol. The molecule has 2 aliphatic heterocycles. The summed E-state index contributed by atoms with van der Waals surface area (Å²) in [5.74, 6) is 0.825. The molecule has 14 heavy (non-hydrogen) atoms. The average molecular weight is 194 g/mol. The van der Waals surface area contributed by atoms with Crippen LogP contribution in [-0.2, 0) is 4.79 Å². The number of hydrogen-bond acceptors (Lipinski definition) is 2.